The molecule has 0 aliphatic carbocycles. The average molecular weight is 448 g/mol. The molecule has 0 N–H and O–H groups in total. The fourth-order valence-corrected chi connectivity index (χ4v) is 3.08. The van der Waals surface area contributed by atoms with Crippen molar-refractivity contribution in [2.24, 2.45) is 0 Å². The SMILES string of the molecule is C#Cc1cccc(O[C@H]2O[C@H](COC(C)=O)[C@@H](OC(C)=O)[C@H](OC(C)=O)[C@@H]2OC(C)=O)c1. The predicted octanol–water partition coefficient (Wildman–Crippen LogP) is 1.13. The highest BCUT2D eigenvalue weighted by molar-refractivity contribution is 5.68. The highest BCUT2D eigenvalue weighted by Gasteiger charge is 2.53. The summed E-state index contributed by atoms with van der Waals surface area (Å²) in [4.78, 5) is 46.6. The van der Waals surface area contributed by atoms with Crippen molar-refractivity contribution in [2.45, 2.75) is 58.4 Å². The van der Waals surface area contributed by atoms with Gasteiger partial charge in [-0.25, -0.2) is 0 Å². The summed E-state index contributed by atoms with van der Waals surface area (Å²) in [5.41, 5.74) is 0.521. The lowest BCUT2D eigenvalue weighted by molar-refractivity contribution is -0.288. The maximum absolute atomic E-state index is 11.8. The molecule has 0 radical (unpaired) electrons. The van der Waals surface area contributed by atoms with Gasteiger partial charge >= 0.3 is 23.9 Å². The lowest BCUT2D eigenvalue weighted by Gasteiger charge is -2.43. The van der Waals surface area contributed by atoms with E-state index in [0.29, 0.717) is 5.56 Å². The predicted molar refractivity (Wildman–Crippen MR) is 107 cm³/mol. The lowest BCUT2D eigenvalue weighted by Crippen LogP contribution is -2.63. The highest BCUT2D eigenvalue weighted by Crippen LogP contribution is 2.31. The third-order valence-corrected chi connectivity index (χ3v) is 4.20. The Morgan fingerprint density at radius 2 is 1.50 bits per heavy atom. The van der Waals surface area contributed by atoms with Gasteiger partial charge < -0.3 is 28.4 Å². The van der Waals surface area contributed by atoms with Crippen LogP contribution in [0.2, 0.25) is 0 Å². The summed E-state index contributed by atoms with van der Waals surface area (Å²) in [6.07, 6.45) is -0.876. The number of carbonyl (C=O) groups is 4. The van der Waals surface area contributed by atoms with Crippen molar-refractivity contribution in [2.75, 3.05) is 6.61 Å². The second kappa shape index (κ2) is 11.2. The summed E-state index contributed by atoms with van der Waals surface area (Å²) < 4.78 is 32.7. The van der Waals surface area contributed by atoms with Crippen molar-refractivity contribution in [1.29, 1.82) is 0 Å². The molecule has 1 aromatic carbocycles. The van der Waals surface area contributed by atoms with E-state index in [0.717, 1.165) is 20.8 Å². The molecular weight excluding hydrogens is 424 g/mol. The molecule has 0 saturated carbocycles. The Hall–Kier alpha value is -3.58. The Balaban J connectivity index is 2.46. The van der Waals surface area contributed by atoms with E-state index in [9.17, 15) is 19.2 Å². The third-order valence-electron chi connectivity index (χ3n) is 4.20. The molecule has 1 saturated heterocycles. The number of benzene rings is 1. The summed E-state index contributed by atoms with van der Waals surface area (Å²) >= 11 is 0. The Labute approximate surface area is 185 Å². The molecular formula is C22H24O10. The van der Waals surface area contributed by atoms with E-state index in [1.807, 2.05) is 0 Å². The van der Waals surface area contributed by atoms with E-state index < -0.39 is 54.6 Å². The third kappa shape index (κ3) is 6.99. The van der Waals surface area contributed by atoms with Crippen LogP contribution in [0.15, 0.2) is 24.3 Å². The van der Waals surface area contributed by atoms with E-state index >= 15 is 0 Å². The van der Waals surface area contributed by atoms with Gasteiger partial charge in [-0.15, -0.1) is 6.42 Å². The van der Waals surface area contributed by atoms with Gasteiger partial charge in [0.15, 0.2) is 12.2 Å². The maximum Gasteiger partial charge on any atom is 0.303 e. The van der Waals surface area contributed by atoms with Gasteiger partial charge in [0, 0.05) is 33.3 Å². The number of terminal acetylenes is 1. The molecule has 1 aliphatic rings. The van der Waals surface area contributed by atoms with Gasteiger partial charge in [-0.2, -0.15) is 0 Å². The summed E-state index contributed by atoms with van der Waals surface area (Å²) in [5, 5.41) is 0. The Bertz CT molecular complexity index is 902. The van der Waals surface area contributed by atoms with Gasteiger partial charge in [0.25, 0.3) is 0 Å². The first-order valence-corrected chi connectivity index (χ1v) is 9.64. The van der Waals surface area contributed by atoms with Crippen LogP contribution in [0.4, 0.5) is 0 Å². The zero-order chi connectivity index (χ0) is 23.8. The number of hydrogen-bond acceptors (Lipinski definition) is 10. The first-order valence-electron chi connectivity index (χ1n) is 9.64. The van der Waals surface area contributed by atoms with E-state index in [1.54, 1.807) is 24.3 Å². The van der Waals surface area contributed by atoms with Crippen LogP contribution in [0, 0.1) is 12.3 Å². The normalized spacial score (nSPS) is 24.4. The Morgan fingerprint density at radius 1 is 0.906 bits per heavy atom. The number of rotatable bonds is 7. The molecule has 0 bridgehead atoms. The van der Waals surface area contributed by atoms with Gasteiger partial charge in [-0.3, -0.25) is 19.2 Å². The minimum absolute atomic E-state index is 0.279. The van der Waals surface area contributed by atoms with Crippen molar-refractivity contribution < 1.29 is 47.6 Å². The molecule has 2 rings (SSSR count). The highest BCUT2D eigenvalue weighted by atomic mass is 16.7. The molecule has 172 valence electrons. The molecule has 0 aromatic heterocycles. The number of carbonyl (C=O) groups excluding carboxylic acids is 4. The minimum atomic E-state index is -1.32. The quantitative estimate of drug-likeness (QED) is 0.341. The standard InChI is InChI=1S/C22H24O10/c1-6-16-8-7-9-17(10-16)31-22-21(30-15(5)26)20(29-14(4)25)19(28-13(3)24)18(32-22)11-27-12(2)23/h1,7-10,18-22H,11H2,2-5H3/t18-,19-,20+,21+,22+/m1/s1. The van der Waals surface area contributed by atoms with Crippen LogP contribution in [0.3, 0.4) is 0 Å². The second-order valence-corrected chi connectivity index (χ2v) is 6.86. The average Bonchev–Trinajstić information content (AvgIpc) is 2.70. The summed E-state index contributed by atoms with van der Waals surface area (Å²) in [7, 11) is 0. The van der Waals surface area contributed by atoms with Crippen molar-refractivity contribution in [3.63, 3.8) is 0 Å². The number of esters is 4. The van der Waals surface area contributed by atoms with Crippen molar-refractivity contribution in [3.8, 4) is 18.1 Å². The van der Waals surface area contributed by atoms with E-state index in [2.05, 4.69) is 5.92 Å². The monoisotopic (exact) mass is 448 g/mol. The maximum atomic E-state index is 11.8. The Morgan fingerprint density at radius 3 is 2.06 bits per heavy atom. The molecule has 10 heteroatoms. The summed E-state index contributed by atoms with van der Waals surface area (Å²) in [6, 6.07) is 6.47. The van der Waals surface area contributed by atoms with E-state index in [-0.39, 0.29) is 12.4 Å². The fourth-order valence-electron chi connectivity index (χ4n) is 3.08. The zero-order valence-corrected chi connectivity index (χ0v) is 18.1. The van der Waals surface area contributed by atoms with Gasteiger partial charge in [0.05, 0.1) is 0 Å². The van der Waals surface area contributed by atoms with Crippen LogP contribution in [-0.2, 0) is 42.9 Å². The molecule has 0 amide bonds. The molecule has 32 heavy (non-hydrogen) atoms. The van der Waals surface area contributed by atoms with Crippen LogP contribution in [0.1, 0.15) is 33.3 Å². The van der Waals surface area contributed by atoms with Crippen LogP contribution in [0.5, 0.6) is 5.75 Å². The van der Waals surface area contributed by atoms with Crippen LogP contribution in [0.25, 0.3) is 0 Å². The van der Waals surface area contributed by atoms with E-state index in [4.69, 9.17) is 34.8 Å². The lowest BCUT2D eigenvalue weighted by atomic mass is 9.98. The molecule has 1 heterocycles. The first kappa shape index (κ1) is 24.7. The van der Waals surface area contributed by atoms with Gasteiger partial charge in [0.2, 0.25) is 12.4 Å². The Kier molecular flexibility index (Phi) is 8.61. The van der Waals surface area contributed by atoms with Crippen molar-refractivity contribution in [3.05, 3.63) is 29.8 Å². The number of hydrogen-bond donors (Lipinski definition) is 0. The van der Waals surface area contributed by atoms with Crippen molar-refractivity contribution >= 4 is 23.9 Å². The topological polar surface area (TPSA) is 124 Å². The molecule has 10 nitrogen and oxygen atoms in total. The number of ether oxygens (including phenoxy) is 6. The molecule has 0 unspecified atom stereocenters. The minimum Gasteiger partial charge on any atom is -0.463 e. The summed E-state index contributed by atoms with van der Waals surface area (Å²) in [6.45, 7) is 4.27. The van der Waals surface area contributed by atoms with Crippen LogP contribution >= 0.6 is 0 Å². The van der Waals surface area contributed by atoms with E-state index in [1.165, 1.54) is 6.92 Å². The molecule has 1 aliphatic heterocycles. The smallest absolute Gasteiger partial charge is 0.303 e. The van der Waals surface area contributed by atoms with Gasteiger partial charge in [0.1, 0.15) is 18.5 Å². The molecule has 1 aromatic rings. The first-order chi connectivity index (χ1) is 15.1. The van der Waals surface area contributed by atoms with Crippen LogP contribution < -0.4 is 4.74 Å². The van der Waals surface area contributed by atoms with Gasteiger partial charge in [-0.1, -0.05) is 12.0 Å². The van der Waals surface area contributed by atoms with Gasteiger partial charge in [-0.05, 0) is 18.2 Å². The van der Waals surface area contributed by atoms with Crippen LogP contribution in [-0.4, -0.2) is 61.2 Å². The largest absolute Gasteiger partial charge is 0.463 e. The molecule has 1 fully saturated rings. The summed E-state index contributed by atoms with van der Waals surface area (Å²) in [5.74, 6) is -0.0371. The molecule has 5 atom stereocenters. The zero-order valence-electron chi connectivity index (χ0n) is 18.1. The van der Waals surface area contributed by atoms with Crippen molar-refractivity contribution in [1.82, 2.24) is 0 Å². The molecule has 0 spiro atoms. The fraction of sp³-hybridized carbons (Fsp3) is 0.455. The second-order valence-electron chi connectivity index (χ2n) is 6.86.